The van der Waals surface area contributed by atoms with E-state index in [1.54, 1.807) is 11.8 Å². The van der Waals surface area contributed by atoms with Crippen LogP contribution in [0.5, 0.6) is 0 Å². The van der Waals surface area contributed by atoms with E-state index in [1.165, 1.54) is 0 Å². The minimum Gasteiger partial charge on any atom is -0.433 e. The third-order valence-corrected chi connectivity index (χ3v) is 2.48. The topological polar surface area (TPSA) is 43.1 Å². The van der Waals surface area contributed by atoms with Gasteiger partial charge in [-0.25, -0.2) is 4.98 Å². The lowest BCUT2D eigenvalue weighted by Crippen LogP contribution is -1.74. The third-order valence-electron chi connectivity index (χ3n) is 1.72. The van der Waals surface area contributed by atoms with Crippen molar-refractivity contribution >= 4 is 29.1 Å². The van der Waals surface area contributed by atoms with Crippen LogP contribution in [0.4, 0.5) is 0 Å². The van der Waals surface area contributed by atoms with E-state index < -0.39 is 0 Å². The molecule has 0 aliphatic rings. The van der Waals surface area contributed by atoms with Gasteiger partial charge in [-0.1, -0.05) is 6.07 Å². The fourth-order valence-electron chi connectivity index (χ4n) is 1.15. The molecule has 13 heavy (non-hydrogen) atoms. The lowest BCUT2D eigenvalue weighted by Gasteiger charge is -1.93. The van der Waals surface area contributed by atoms with Gasteiger partial charge < -0.3 is 4.42 Å². The van der Waals surface area contributed by atoms with Gasteiger partial charge in [-0.15, -0.1) is 11.8 Å². The molecule has 0 unspecified atom stereocenters. The molecule has 0 bridgehead atoms. The maximum atomic E-state index is 10.4. The molecular weight excluding hydrogens is 186 g/mol. The zero-order valence-corrected chi connectivity index (χ0v) is 7.80. The van der Waals surface area contributed by atoms with E-state index in [9.17, 15) is 4.79 Å². The zero-order valence-electron chi connectivity index (χ0n) is 6.98. The van der Waals surface area contributed by atoms with Crippen LogP contribution in [0.1, 0.15) is 10.7 Å². The summed E-state index contributed by atoms with van der Waals surface area (Å²) < 4.78 is 5.24. The Morgan fingerprint density at radius 2 is 2.38 bits per heavy atom. The fourth-order valence-corrected chi connectivity index (χ4v) is 1.70. The maximum absolute atomic E-state index is 10.4. The van der Waals surface area contributed by atoms with E-state index in [0.717, 1.165) is 10.4 Å². The van der Waals surface area contributed by atoms with Crippen molar-refractivity contribution in [3.8, 4) is 0 Å². The summed E-state index contributed by atoms with van der Waals surface area (Å²) in [5, 5.41) is 0. The summed E-state index contributed by atoms with van der Waals surface area (Å²) in [4.78, 5) is 15.4. The molecule has 2 rings (SSSR count). The highest BCUT2D eigenvalue weighted by atomic mass is 32.2. The van der Waals surface area contributed by atoms with E-state index in [-0.39, 0.29) is 5.89 Å². The fraction of sp³-hybridized carbons (Fsp3) is 0.111. The monoisotopic (exact) mass is 193 g/mol. The van der Waals surface area contributed by atoms with Crippen molar-refractivity contribution in [2.45, 2.75) is 4.90 Å². The number of aromatic nitrogens is 1. The number of thioether (sulfide) groups is 1. The molecular formula is C9H7NO2S. The summed E-state index contributed by atoms with van der Waals surface area (Å²) in [6.07, 6.45) is 2.57. The first kappa shape index (κ1) is 8.31. The molecule has 66 valence electrons. The van der Waals surface area contributed by atoms with Crippen LogP contribution in [-0.2, 0) is 0 Å². The van der Waals surface area contributed by atoms with E-state index >= 15 is 0 Å². The molecule has 0 aliphatic heterocycles. The van der Waals surface area contributed by atoms with Crippen LogP contribution < -0.4 is 0 Å². The second kappa shape index (κ2) is 3.22. The summed E-state index contributed by atoms with van der Waals surface area (Å²) in [7, 11) is 0. The Labute approximate surface area is 79.1 Å². The third kappa shape index (κ3) is 1.33. The summed E-state index contributed by atoms with van der Waals surface area (Å²) in [6.45, 7) is 0. The molecule has 0 aliphatic carbocycles. The van der Waals surface area contributed by atoms with Gasteiger partial charge in [-0.3, -0.25) is 4.79 Å². The Morgan fingerprint density at radius 1 is 1.54 bits per heavy atom. The predicted octanol–water partition coefficient (Wildman–Crippen LogP) is 2.36. The largest absolute Gasteiger partial charge is 0.433 e. The van der Waals surface area contributed by atoms with E-state index in [0.29, 0.717) is 11.9 Å². The first-order chi connectivity index (χ1) is 6.35. The van der Waals surface area contributed by atoms with Gasteiger partial charge in [0.2, 0.25) is 6.29 Å². The average Bonchev–Trinajstić information content (AvgIpc) is 2.59. The Hall–Kier alpha value is -1.29. The summed E-state index contributed by atoms with van der Waals surface area (Å²) in [5.41, 5.74) is 1.42. The molecule has 0 fully saturated rings. The van der Waals surface area contributed by atoms with Crippen molar-refractivity contribution in [2.75, 3.05) is 6.26 Å². The SMILES string of the molecule is CSc1cccc2nc(C=O)oc12. The van der Waals surface area contributed by atoms with Gasteiger partial charge in [0, 0.05) is 0 Å². The summed E-state index contributed by atoms with van der Waals surface area (Å²) in [6, 6.07) is 5.66. The normalized spacial score (nSPS) is 10.5. The number of rotatable bonds is 2. The van der Waals surface area contributed by atoms with Crippen LogP contribution in [0.2, 0.25) is 0 Å². The first-order valence-corrected chi connectivity index (χ1v) is 4.96. The lowest BCUT2D eigenvalue weighted by atomic mass is 10.3. The highest BCUT2D eigenvalue weighted by molar-refractivity contribution is 7.98. The van der Waals surface area contributed by atoms with Crippen molar-refractivity contribution in [3.05, 3.63) is 24.1 Å². The van der Waals surface area contributed by atoms with Crippen molar-refractivity contribution in [1.82, 2.24) is 4.98 Å². The number of hydrogen-bond donors (Lipinski definition) is 0. The van der Waals surface area contributed by atoms with Crippen LogP contribution >= 0.6 is 11.8 Å². The number of nitrogens with zero attached hydrogens (tertiary/aromatic N) is 1. The molecule has 2 aromatic rings. The number of benzene rings is 1. The summed E-state index contributed by atoms with van der Waals surface area (Å²) in [5.74, 6) is 0.136. The van der Waals surface area contributed by atoms with Crippen LogP contribution in [-0.4, -0.2) is 17.5 Å². The van der Waals surface area contributed by atoms with Gasteiger partial charge in [0.15, 0.2) is 5.58 Å². The Morgan fingerprint density at radius 3 is 3.08 bits per heavy atom. The van der Waals surface area contributed by atoms with Crippen molar-refractivity contribution in [2.24, 2.45) is 0 Å². The van der Waals surface area contributed by atoms with E-state index in [2.05, 4.69) is 4.98 Å². The van der Waals surface area contributed by atoms with E-state index in [4.69, 9.17) is 4.42 Å². The molecule has 1 heterocycles. The minimum absolute atomic E-state index is 0.136. The maximum Gasteiger partial charge on any atom is 0.260 e. The second-order valence-electron chi connectivity index (χ2n) is 2.48. The molecule has 0 amide bonds. The molecule has 1 aromatic heterocycles. The van der Waals surface area contributed by atoms with Gasteiger partial charge in [-0.05, 0) is 18.4 Å². The Kier molecular flexibility index (Phi) is 2.06. The van der Waals surface area contributed by atoms with Crippen LogP contribution in [0.3, 0.4) is 0 Å². The highest BCUT2D eigenvalue weighted by Gasteiger charge is 2.07. The smallest absolute Gasteiger partial charge is 0.260 e. The first-order valence-electron chi connectivity index (χ1n) is 3.74. The second-order valence-corrected chi connectivity index (χ2v) is 3.33. The van der Waals surface area contributed by atoms with Crippen LogP contribution in [0.25, 0.3) is 11.1 Å². The standard InChI is InChI=1S/C9H7NO2S/c1-13-7-4-2-3-6-9(7)12-8(5-11)10-6/h2-5H,1H3. The van der Waals surface area contributed by atoms with Crippen LogP contribution in [0.15, 0.2) is 27.5 Å². The highest BCUT2D eigenvalue weighted by Crippen LogP contribution is 2.26. The summed E-state index contributed by atoms with van der Waals surface area (Å²) >= 11 is 1.57. The zero-order chi connectivity index (χ0) is 9.26. The molecule has 0 atom stereocenters. The molecule has 4 heteroatoms. The Bertz CT molecular complexity index is 450. The number of carbonyl (C=O) groups excluding carboxylic acids is 1. The number of carbonyl (C=O) groups is 1. The molecule has 1 aromatic carbocycles. The Balaban J connectivity index is 2.74. The van der Waals surface area contributed by atoms with Gasteiger partial charge in [0.25, 0.3) is 5.89 Å². The number of para-hydroxylation sites is 1. The van der Waals surface area contributed by atoms with Gasteiger partial charge in [0.1, 0.15) is 5.52 Å². The van der Waals surface area contributed by atoms with Gasteiger partial charge in [-0.2, -0.15) is 0 Å². The lowest BCUT2D eigenvalue weighted by molar-refractivity contribution is 0.109. The molecule has 0 spiro atoms. The number of aldehydes is 1. The molecule has 0 saturated heterocycles. The van der Waals surface area contributed by atoms with Crippen LogP contribution in [0, 0.1) is 0 Å². The average molecular weight is 193 g/mol. The van der Waals surface area contributed by atoms with Crippen molar-refractivity contribution in [3.63, 3.8) is 0 Å². The number of fused-ring (bicyclic) bond motifs is 1. The molecule has 3 nitrogen and oxygen atoms in total. The molecule has 0 radical (unpaired) electrons. The van der Waals surface area contributed by atoms with Crippen molar-refractivity contribution in [1.29, 1.82) is 0 Å². The number of hydrogen-bond acceptors (Lipinski definition) is 4. The van der Waals surface area contributed by atoms with Gasteiger partial charge >= 0.3 is 0 Å². The predicted molar refractivity (Wildman–Crippen MR) is 51.2 cm³/mol. The van der Waals surface area contributed by atoms with Gasteiger partial charge in [0.05, 0.1) is 4.90 Å². The van der Waals surface area contributed by atoms with E-state index in [1.807, 2.05) is 24.5 Å². The molecule has 0 N–H and O–H groups in total. The minimum atomic E-state index is 0.136. The van der Waals surface area contributed by atoms with Crippen molar-refractivity contribution < 1.29 is 9.21 Å². The molecule has 0 saturated carbocycles. The number of oxazole rings is 1. The quantitative estimate of drug-likeness (QED) is 0.542.